The number of benzene rings is 2. The van der Waals surface area contributed by atoms with Crippen molar-refractivity contribution < 1.29 is 9.50 Å². The monoisotopic (exact) mass is 316 g/mol. The number of rotatable bonds is 1. The molecular formula is C17H14ClFN2O. The topological polar surface area (TPSA) is 48.0 Å². The fraction of sp³-hybridized carbons (Fsp3) is 0.176. The van der Waals surface area contributed by atoms with Gasteiger partial charge in [0.05, 0.1) is 11.1 Å². The molecule has 0 bridgehead atoms. The number of fused-ring (bicyclic) bond motifs is 3. The third kappa shape index (κ3) is 1.99. The number of aromatic hydroxyl groups is 1. The number of H-pyrrole nitrogens is 1. The third-order valence-corrected chi connectivity index (χ3v) is 4.55. The maximum Gasteiger partial charge on any atom is 0.139 e. The molecule has 0 saturated heterocycles. The van der Waals surface area contributed by atoms with Gasteiger partial charge in [-0.15, -0.1) is 0 Å². The van der Waals surface area contributed by atoms with Gasteiger partial charge in [-0.05, 0) is 36.2 Å². The second-order valence-corrected chi connectivity index (χ2v) is 5.93. The second kappa shape index (κ2) is 5.00. The molecule has 0 spiro atoms. The van der Waals surface area contributed by atoms with Gasteiger partial charge in [0.1, 0.15) is 11.6 Å². The number of hydrogen-bond donors (Lipinski definition) is 3. The molecule has 3 N–H and O–H groups in total. The molecule has 0 amide bonds. The van der Waals surface area contributed by atoms with Crippen LogP contribution in [0.4, 0.5) is 4.39 Å². The summed E-state index contributed by atoms with van der Waals surface area (Å²) < 4.78 is 13.5. The van der Waals surface area contributed by atoms with E-state index in [0.717, 1.165) is 40.7 Å². The van der Waals surface area contributed by atoms with Crippen LogP contribution in [0.2, 0.25) is 5.02 Å². The van der Waals surface area contributed by atoms with Crippen LogP contribution in [0.3, 0.4) is 0 Å². The molecule has 1 atom stereocenters. The Bertz CT molecular complexity index is 874. The second-order valence-electron chi connectivity index (χ2n) is 5.52. The van der Waals surface area contributed by atoms with Gasteiger partial charge in [-0.25, -0.2) is 4.39 Å². The van der Waals surface area contributed by atoms with Crippen molar-refractivity contribution in [2.45, 2.75) is 12.5 Å². The van der Waals surface area contributed by atoms with Gasteiger partial charge >= 0.3 is 0 Å². The minimum atomic E-state index is -0.241. The van der Waals surface area contributed by atoms with Crippen LogP contribution in [0.1, 0.15) is 22.9 Å². The molecule has 0 fully saturated rings. The van der Waals surface area contributed by atoms with E-state index in [-0.39, 0.29) is 17.6 Å². The maximum absolute atomic E-state index is 13.5. The molecule has 3 aromatic rings. The summed E-state index contributed by atoms with van der Waals surface area (Å²) in [5.74, 6) is -0.158. The van der Waals surface area contributed by atoms with Crippen LogP contribution in [-0.2, 0) is 6.42 Å². The number of aromatic nitrogens is 1. The minimum Gasteiger partial charge on any atom is -0.506 e. The molecular weight excluding hydrogens is 303 g/mol. The summed E-state index contributed by atoms with van der Waals surface area (Å²) >= 11 is 6.02. The Hall–Kier alpha value is -2.04. The van der Waals surface area contributed by atoms with E-state index in [1.165, 1.54) is 6.07 Å². The lowest BCUT2D eigenvalue weighted by Crippen LogP contribution is -2.30. The van der Waals surface area contributed by atoms with Crippen molar-refractivity contribution in [3.05, 3.63) is 64.1 Å². The molecule has 1 unspecified atom stereocenters. The Morgan fingerprint density at radius 2 is 2.09 bits per heavy atom. The van der Waals surface area contributed by atoms with E-state index in [4.69, 9.17) is 11.6 Å². The first-order valence-corrected chi connectivity index (χ1v) is 7.53. The van der Waals surface area contributed by atoms with Crippen LogP contribution < -0.4 is 5.32 Å². The Kier molecular flexibility index (Phi) is 3.10. The fourth-order valence-electron chi connectivity index (χ4n) is 3.23. The van der Waals surface area contributed by atoms with E-state index in [9.17, 15) is 9.50 Å². The lowest BCUT2D eigenvalue weighted by Gasteiger charge is -2.25. The number of halogens is 2. The summed E-state index contributed by atoms with van der Waals surface area (Å²) in [6, 6.07) is 9.89. The molecule has 5 heteroatoms. The summed E-state index contributed by atoms with van der Waals surface area (Å²) in [6.45, 7) is 0.757. The SMILES string of the molecule is Oc1c(Cl)cccc1C1NCCc2c1[nH]c1ccc(F)cc21. The highest BCUT2D eigenvalue weighted by atomic mass is 35.5. The lowest BCUT2D eigenvalue weighted by molar-refractivity contribution is 0.453. The zero-order valence-electron chi connectivity index (χ0n) is 11.7. The van der Waals surface area contributed by atoms with E-state index < -0.39 is 0 Å². The molecule has 2 heterocycles. The predicted octanol–water partition coefficient (Wildman–Crippen LogP) is 3.90. The number of phenols is 1. The highest BCUT2D eigenvalue weighted by Crippen LogP contribution is 2.39. The van der Waals surface area contributed by atoms with Gasteiger partial charge in [-0.2, -0.15) is 0 Å². The zero-order chi connectivity index (χ0) is 15.3. The number of para-hydroxylation sites is 1. The number of hydrogen-bond acceptors (Lipinski definition) is 2. The normalized spacial score (nSPS) is 17.6. The molecule has 22 heavy (non-hydrogen) atoms. The smallest absolute Gasteiger partial charge is 0.139 e. The van der Waals surface area contributed by atoms with Crippen LogP contribution in [0, 0.1) is 5.82 Å². The van der Waals surface area contributed by atoms with Gasteiger partial charge in [-0.3, -0.25) is 0 Å². The highest BCUT2D eigenvalue weighted by molar-refractivity contribution is 6.32. The van der Waals surface area contributed by atoms with Crippen LogP contribution in [0.15, 0.2) is 36.4 Å². The number of phenolic OH excluding ortho intramolecular Hbond substituents is 1. The summed E-state index contributed by atoms with van der Waals surface area (Å²) in [4.78, 5) is 3.36. The summed E-state index contributed by atoms with van der Waals surface area (Å²) in [7, 11) is 0. The minimum absolute atomic E-state index is 0.0827. The third-order valence-electron chi connectivity index (χ3n) is 4.24. The Balaban J connectivity index is 1.92. The average molecular weight is 317 g/mol. The predicted molar refractivity (Wildman–Crippen MR) is 84.9 cm³/mol. The van der Waals surface area contributed by atoms with Gasteiger partial charge in [0.25, 0.3) is 0 Å². The molecule has 2 aromatic carbocycles. The molecule has 3 nitrogen and oxygen atoms in total. The van der Waals surface area contributed by atoms with Gasteiger partial charge in [-0.1, -0.05) is 23.7 Å². The maximum atomic E-state index is 13.5. The van der Waals surface area contributed by atoms with Crippen LogP contribution in [0.25, 0.3) is 10.9 Å². The van der Waals surface area contributed by atoms with E-state index in [1.54, 1.807) is 18.2 Å². The molecule has 1 aromatic heterocycles. The summed E-state index contributed by atoms with van der Waals surface area (Å²) in [5, 5.41) is 14.9. The average Bonchev–Trinajstić information content (AvgIpc) is 2.88. The van der Waals surface area contributed by atoms with Gasteiger partial charge < -0.3 is 15.4 Å². The summed E-state index contributed by atoms with van der Waals surface area (Å²) in [6.07, 6.45) is 0.816. The number of nitrogens with one attached hydrogen (secondary N) is 2. The first-order chi connectivity index (χ1) is 10.6. The highest BCUT2D eigenvalue weighted by Gasteiger charge is 2.27. The molecule has 112 valence electrons. The quantitative estimate of drug-likeness (QED) is 0.637. The van der Waals surface area contributed by atoms with Crippen molar-refractivity contribution in [2.24, 2.45) is 0 Å². The van der Waals surface area contributed by atoms with Crippen molar-refractivity contribution in [3.8, 4) is 5.75 Å². The van der Waals surface area contributed by atoms with Crippen molar-refractivity contribution in [1.29, 1.82) is 0 Å². The molecule has 1 aliphatic rings. The van der Waals surface area contributed by atoms with Crippen molar-refractivity contribution in [2.75, 3.05) is 6.54 Å². The largest absolute Gasteiger partial charge is 0.506 e. The van der Waals surface area contributed by atoms with Gasteiger partial charge in [0.2, 0.25) is 0 Å². The van der Waals surface area contributed by atoms with Crippen LogP contribution in [-0.4, -0.2) is 16.6 Å². The molecule has 0 saturated carbocycles. The van der Waals surface area contributed by atoms with Gasteiger partial charge in [0.15, 0.2) is 0 Å². The first-order valence-electron chi connectivity index (χ1n) is 7.16. The van der Waals surface area contributed by atoms with E-state index >= 15 is 0 Å². The number of aromatic amines is 1. The Morgan fingerprint density at radius 3 is 2.95 bits per heavy atom. The fourth-order valence-corrected chi connectivity index (χ4v) is 3.41. The summed E-state index contributed by atoms with van der Waals surface area (Å²) in [5.41, 5.74) is 3.68. The Morgan fingerprint density at radius 1 is 1.23 bits per heavy atom. The molecule has 0 aliphatic carbocycles. The first kappa shape index (κ1) is 13.6. The van der Waals surface area contributed by atoms with Crippen molar-refractivity contribution >= 4 is 22.5 Å². The van der Waals surface area contributed by atoms with E-state index in [0.29, 0.717) is 5.02 Å². The molecule has 1 aliphatic heterocycles. The van der Waals surface area contributed by atoms with E-state index in [2.05, 4.69) is 10.3 Å². The molecule has 4 rings (SSSR count). The standard InChI is InChI=1S/C17H14ClFN2O/c18-13-3-1-2-11(17(13)22)15-16-10(6-7-20-15)12-8-9(19)4-5-14(12)21-16/h1-5,8,15,20-22H,6-7H2. The van der Waals surface area contributed by atoms with Crippen molar-refractivity contribution in [3.63, 3.8) is 0 Å². The van der Waals surface area contributed by atoms with E-state index in [1.807, 2.05) is 12.1 Å². The van der Waals surface area contributed by atoms with Crippen molar-refractivity contribution in [1.82, 2.24) is 10.3 Å². The molecule has 0 radical (unpaired) electrons. The Labute approximate surface area is 131 Å². The van der Waals surface area contributed by atoms with Gasteiger partial charge in [0, 0.05) is 28.7 Å². The lowest BCUT2D eigenvalue weighted by atomic mass is 9.94. The van der Waals surface area contributed by atoms with Crippen LogP contribution >= 0.6 is 11.6 Å². The zero-order valence-corrected chi connectivity index (χ0v) is 12.4. The van der Waals surface area contributed by atoms with Crippen LogP contribution in [0.5, 0.6) is 5.75 Å².